The second kappa shape index (κ2) is 9.49. The van der Waals surface area contributed by atoms with E-state index in [1.165, 1.54) is 35.0 Å². The van der Waals surface area contributed by atoms with Crippen LogP contribution in [0.25, 0.3) is 5.69 Å². The van der Waals surface area contributed by atoms with Crippen LogP contribution in [-0.4, -0.2) is 27.2 Å². The normalized spacial score (nSPS) is 10.5. The largest absolute Gasteiger partial charge is 0.382 e. The summed E-state index contributed by atoms with van der Waals surface area (Å²) in [4.78, 5) is 22.7. The summed E-state index contributed by atoms with van der Waals surface area (Å²) in [7, 11) is 0. The summed E-state index contributed by atoms with van der Waals surface area (Å²) in [6.45, 7) is 0.299. The highest BCUT2D eigenvalue weighted by Crippen LogP contribution is 2.22. The molecule has 0 unspecified atom stereocenters. The Balaban J connectivity index is 1.59. The molecule has 3 rings (SSSR count). The Labute approximate surface area is 177 Å². The summed E-state index contributed by atoms with van der Waals surface area (Å²) < 4.78 is 14.5. The molecule has 9 nitrogen and oxygen atoms in total. The van der Waals surface area contributed by atoms with Gasteiger partial charge in [-0.1, -0.05) is 18.2 Å². The zero-order chi connectivity index (χ0) is 22.4. The number of nitrogen functional groups attached to an aromatic ring is 1. The van der Waals surface area contributed by atoms with Crippen LogP contribution in [0.2, 0.25) is 0 Å². The van der Waals surface area contributed by atoms with Crippen molar-refractivity contribution < 1.29 is 14.1 Å². The third kappa shape index (κ3) is 5.02. The summed E-state index contributed by atoms with van der Waals surface area (Å²) >= 11 is 0. The highest BCUT2D eigenvalue weighted by atomic mass is 19.1. The Morgan fingerprint density at radius 1 is 1.26 bits per heavy atom. The van der Waals surface area contributed by atoms with Gasteiger partial charge in [-0.25, -0.2) is 9.07 Å². The molecule has 0 saturated heterocycles. The van der Waals surface area contributed by atoms with Gasteiger partial charge in [-0.3, -0.25) is 14.9 Å². The molecule has 0 saturated carbocycles. The van der Waals surface area contributed by atoms with Crippen LogP contribution in [-0.2, 0) is 17.6 Å². The number of hydrogen-bond acceptors (Lipinski definition) is 6. The van der Waals surface area contributed by atoms with E-state index >= 15 is 0 Å². The molecule has 0 spiro atoms. The van der Waals surface area contributed by atoms with Gasteiger partial charge < -0.3 is 11.1 Å². The van der Waals surface area contributed by atoms with Gasteiger partial charge in [-0.15, -0.1) is 0 Å². The maximum atomic E-state index is 13.1. The average Bonchev–Trinajstić information content (AvgIpc) is 3.07. The number of rotatable bonds is 8. The van der Waals surface area contributed by atoms with E-state index in [0.717, 1.165) is 0 Å². The number of nitrogens with zero attached hydrogens (tertiary/aromatic N) is 4. The van der Waals surface area contributed by atoms with Crippen molar-refractivity contribution in [3.05, 3.63) is 81.3 Å². The minimum Gasteiger partial charge on any atom is -0.382 e. The Morgan fingerprint density at radius 3 is 2.65 bits per heavy atom. The third-order valence-corrected chi connectivity index (χ3v) is 4.63. The number of nitrogens with one attached hydrogen (secondary N) is 1. The van der Waals surface area contributed by atoms with Gasteiger partial charge in [0.2, 0.25) is 5.91 Å². The molecular formula is C21H19FN6O3. The van der Waals surface area contributed by atoms with Gasteiger partial charge in [0.1, 0.15) is 23.3 Å². The lowest BCUT2D eigenvalue weighted by molar-refractivity contribution is -0.385. The number of aromatic nitrogens is 2. The summed E-state index contributed by atoms with van der Waals surface area (Å²) in [5, 5.41) is 27.5. The molecule has 2 aromatic carbocycles. The van der Waals surface area contributed by atoms with Crippen molar-refractivity contribution in [3.63, 3.8) is 0 Å². The average molecular weight is 422 g/mol. The van der Waals surface area contributed by atoms with E-state index in [0.29, 0.717) is 36.3 Å². The smallest absolute Gasteiger partial charge is 0.273 e. The second-order valence-corrected chi connectivity index (χ2v) is 6.72. The van der Waals surface area contributed by atoms with Crippen molar-refractivity contribution in [3.8, 4) is 11.8 Å². The molecule has 0 radical (unpaired) electrons. The first kappa shape index (κ1) is 21.4. The number of aryl methyl sites for hydroxylation is 1. The lowest BCUT2D eigenvalue weighted by Gasteiger charge is -2.05. The number of hydrogen-bond donors (Lipinski definition) is 2. The van der Waals surface area contributed by atoms with Gasteiger partial charge in [0.15, 0.2) is 0 Å². The maximum Gasteiger partial charge on any atom is 0.273 e. The van der Waals surface area contributed by atoms with Crippen molar-refractivity contribution in [2.75, 3.05) is 12.3 Å². The molecule has 10 heteroatoms. The highest BCUT2D eigenvalue weighted by Gasteiger charge is 2.17. The Bertz CT molecular complexity index is 1150. The number of benzene rings is 2. The van der Waals surface area contributed by atoms with Crippen molar-refractivity contribution in [2.24, 2.45) is 0 Å². The molecule has 1 aromatic heterocycles. The predicted octanol–water partition coefficient (Wildman–Crippen LogP) is 2.66. The van der Waals surface area contributed by atoms with Crippen LogP contribution in [0.5, 0.6) is 0 Å². The number of para-hydroxylation sites is 1. The van der Waals surface area contributed by atoms with Crippen molar-refractivity contribution in [1.29, 1.82) is 5.26 Å². The minimum absolute atomic E-state index is 0.0990. The number of nitrogens with two attached hydrogens (primary N) is 1. The Hall–Kier alpha value is -4.26. The van der Waals surface area contributed by atoms with Crippen molar-refractivity contribution in [2.45, 2.75) is 19.3 Å². The topological polar surface area (TPSA) is 140 Å². The highest BCUT2D eigenvalue weighted by molar-refractivity contribution is 5.79. The van der Waals surface area contributed by atoms with E-state index in [2.05, 4.69) is 10.4 Å². The SMILES string of the molecule is N#Cc1c(CCCNC(=O)Cc2ccccc2[N+](=O)[O-])nn(-c2ccc(F)cc2)c1N. The van der Waals surface area contributed by atoms with Gasteiger partial charge in [0, 0.05) is 18.2 Å². The van der Waals surface area contributed by atoms with Gasteiger partial charge in [-0.2, -0.15) is 10.4 Å². The number of halogens is 1. The number of carbonyl (C=O) groups is 1. The van der Waals surface area contributed by atoms with Crippen LogP contribution < -0.4 is 11.1 Å². The second-order valence-electron chi connectivity index (χ2n) is 6.72. The van der Waals surface area contributed by atoms with Gasteiger partial charge in [-0.05, 0) is 37.1 Å². The first-order valence-corrected chi connectivity index (χ1v) is 9.43. The molecule has 3 N–H and O–H groups in total. The van der Waals surface area contributed by atoms with E-state index in [1.807, 2.05) is 6.07 Å². The number of amides is 1. The molecule has 1 heterocycles. The Kier molecular flexibility index (Phi) is 6.57. The summed E-state index contributed by atoms with van der Waals surface area (Å²) in [6.07, 6.45) is 0.761. The summed E-state index contributed by atoms with van der Waals surface area (Å²) in [5.41, 5.74) is 7.49. The molecule has 158 valence electrons. The van der Waals surface area contributed by atoms with Gasteiger partial charge in [0.05, 0.1) is 22.7 Å². The standard InChI is InChI=1S/C21H19FN6O3/c22-15-7-9-16(10-8-15)27-21(24)17(13-23)18(26-27)5-3-11-25-20(29)12-14-4-1-2-6-19(14)28(30)31/h1-2,4,6-10H,3,5,11-12,24H2,(H,25,29). The number of nitro groups is 1. The first-order chi connectivity index (χ1) is 14.9. The van der Waals surface area contributed by atoms with Gasteiger partial charge in [0.25, 0.3) is 5.69 Å². The van der Waals surface area contributed by atoms with E-state index < -0.39 is 10.7 Å². The fraction of sp³-hybridized carbons (Fsp3) is 0.190. The summed E-state index contributed by atoms with van der Waals surface area (Å²) in [6, 6.07) is 13.7. The molecule has 0 aliphatic heterocycles. The van der Waals surface area contributed by atoms with E-state index in [9.17, 15) is 24.6 Å². The molecule has 0 fully saturated rings. The molecule has 0 bridgehead atoms. The van der Waals surface area contributed by atoms with Crippen LogP contribution in [0.1, 0.15) is 23.2 Å². The lowest BCUT2D eigenvalue weighted by atomic mass is 10.1. The fourth-order valence-electron chi connectivity index (χ4n) is 3.11. The van der Waals surface area contributed by atoms with Gasteiger partial charge >= 0.3 is 0 Å². The fourth-order valence-corrected chi connectivity index (χ4v) is 3.11. The molecule has 1 amide bonds. The number of nitriles is 1. The van der Waals surface area contributed by atoms with E-state index in [4.69, 9.17) is 5.73 Å². The van der Waals surface area contributed by atoms with Crippen LogP contribution in [0, 0.1) is 27.3 Å². The molecule has 0 atom stereocenters. The maximum absolute atomic E-state index is 13.1. The van der Waals surface area contributed by atoms with E-state index in [-0.39, 0.29) is 29.4 Å². The quantitative estimate of drug-likeness (QED) is 0.325. The van der Waals surface area contributed by atoms with Crippen LogP contribution >= 0.6 is 0 Å². The van der Waals surface area contributed by atoms with E-state index in [1.54, 1.807) is 18.2 Å². The molecule has 0 aliphatic carbocycles. The number of anilines is 1. The van der Waals surface area contributed by atoms with Crippen LogP contribution in [0.4, 0.5) is 15.9 Å². The zero-order valence-electron chi connectivity index (χ0n) is 16.4. The van der Waals surface area contributed by atoms with Crippen molar-refractivity contribution in [1.82, 2.24) is 15.1 Å². The summed E-state index contributed by atoms with van der Waals surface area (Å²) in [5.74, 6) is -0.581. The molecule has 0 aliphatic rings. The predicted molar refractivity (Wildman–Crippen MR) is 111 cm³/mol. The van der Waals surface area contributed by atoms with Crippen LogP contribution in [0.15, 0.2) is 48.5 Å². The minimum atomic E-state index is -0.520. The molecular weight excluding hydrogens is 403 g/mol. The number of carbonyl (C=O) groups excluding carboxylic acids is 1. The Morgan fingerprint density at radius 2 is 1.97 bits per heavy atom. The van der Waals surface area contributed by atoms with Crippen molar-refractivity contribution >= 4 is 17.4 Å². The van der Waals surface area contributed by atoms with Crippen LogP contribution in [0.3, 0.4) is 0 Å². The molecule has 3 aromatic rings. The third-order valence-electron chi connectivity index (χ3n) is 4.63. The molecule has 31 heavy (non-hydrogen) atoms. The first-order valence-electron chi connectivity index (χ1n) is 9.43. The monoisotopic (exact) mass is 422 g/mol. The lowest BCUT2D eigenvalue weighted by Crippen LogP contribution is -2.26. The number of nitro benzene ring substituents is 1. The zero-order valence-corrected chi connectivity index (χ0v) is 16.4.